The van der Waals surface area contributed by atoms with Crippen molar-refractivity contribution in [3.63, 3.8) is 0 Å². The lowest BCUT2D eigenvalue weighted by Gasteiger charge is -2.27. The van der Waals surface area contributed by atoms with Crippen molar-refractivity contribution in [3.05, 3.63) is 0 Å². The highest BCUT2D eigenvalue weighted by Gasteiger charge is 2.28. The summed E-state index contributed by atoms with van der Waals surface area (Å²) in [6.45, 7) is 10.9. The SMILES string of the molecule is CNC(C)(C)C(=O)NC(C)C(=O)NC(C)(C)C. The molecule has 5 nitrogen and oxygen atoms in total. The molecular formula is C12H25N3O2. The van der Waals surface area contributed by atoms with Crippen LogP contribution in [0.15, 0.2) is 0 Å². The molecule has 1 unspecified atom stereocenters. The molecular weight excluding hydrogens is 218 g/mol. The van der Waals surface area contributed by atoms with Gasteiger partial charge in [0, 0.05) is 5.54 Å². The summed E-state index contributed by atoms with van der Waals surface area (Å²) < 4.78 is 0. The third kappa shape index (κ3) is 5.68. The fraction of sp³-hybridized carbons (Fsp3) is 0.833. The van der Waals surface area contributed by atoms with Crippen LogP contribution in [0.3, 0.4) is 0 Å². The summed E-state index contributed by atoms with van der Waals surface area (Å²) >= 11 is 0. The molecule has 100 valence electrons. The molecule has 0 aliphatic carbocycles. The van der Waals surface area contributed by atoms with Gasteiger partial charge in [0.05, 0.1) is 5.54 Å². The lowest BCUT2D eigenvalue weighted by Crippen LogP contribution is -2.57. The summed E-state index contributed by atoms with van der Waals surface area (Å²) in [6, 6.07) is -0.547. The van der Waals surface area contributed by atoms with Crippen LogP contribution in [0.5, 0.6) is 0 Å². The highest BCUT2D eigenvalue weighted by Crippen LogP contribution is 2.03. The van der Waals surface area contributed by atoms with Crippen molar-refractivity contribution in [3.8, 4) is 0 Å². The first-order chi connectivity index (χ1) is 7.49. The lowest BCUT2D eigenvalue weighted by molar-refractivity contribution is -0.132. The molecule has 1 atom stereocenters. The molecule has 0 aliphatic rings. The third-order valence-corrected chi connectivity index (χ3v) is 2.43. The second kappa shape index (κ2) is 5.49. The molecule has 0 bridgehead atoms. The molecule has 5 heteroatoms. The van der Waals surface area contributed by atoms with Crippen LogP contribution in [0.2, 0.25) is 0 Å². The van der Waals surface area contributed by atoms with E-state index in [2.05, 4.69) is 16.0 Å². The van der Waals surface area contributed by atoms with Gasteiger partial charge < -0.3 is 16.0 Å². The fourth-order valence-corrected chi connectivity index (χ4v) is 1.03. The highest BCUT2D eigenvalue weighted by molar-refractivity contribution is 5.91. The number of hydrogen-bond acceptors (Lipinski definition) is 3. The largest absolute Gasteiger partial charge is 0.350 e. The Labute approximate surface area is 104 Å². The van der Waals surface area contributed by atoms with Gasteiger partial charge in [-0.15, -0.1) is 0 Å². The van der Waals surface area contributed by atoms with Gasteiger partial charge in [0.25, 0.3) is 0 Å². The lowest BCUT2D eigenvalue weighted by atomic mass is 10.0. The van der Waals surface area contributed by atoms with Gasteiger partial charge in [0.2, 0.25) is 11.8 Å². The Balaban J connectivity index is 4.41. The Hall–Kier alpha value is -1.10. The number of nitrogens with one attached hydrogen (secondary N) is 3. The molecule has 0 aromatic heterocycles. The van der Waals surface area contributed by atoms with Gasteiger partial charge in [-0.2, -0.15) is 0 Å². The van der Waals surface area contributed by atoms with Crippen LogP contribution < -0.4 is 16.0 Å². The van der Waals surface area contributed by atoms with Crippen LogP contribution >= 0.6 is 0 Å². The number of hydrogen-bond donors (Lipinski definition) is 3. The monoisotopic (exact) mass is 243 g/mol. The third-order valence-electron chi connectivity index (χ3n) is 2.43. The Bertz CT molecular complexity index is 293. The molecule has 0 aliphatic heterocycles. The van der Waals surface area contributed by atoms with Crippen molar-refractivity contribution >= 4 is 11.8 Å². The molecule has 0 saturated heterocycles. The maximum Gasteiger partial charge on any atom is 0.242 e. The Kier molecular flexibility index (Phi) is 5.13. The van der Waals surface area contributed by atoms with Crippen LogP contribution in [0.25, 0.3) is 0 Å². The van der Waals surface area contributed by atoms with Gasteiger partial charge in [0.1, 0.15) is 6.04 Å². The van der Waals surface area contributed by atoms with Crippen LogP contribution in [-0.4, -0.2) is 36.0 Å². The molecule has 17 heavy (non-hydrogen) atoms. The first-order valence-corrected chi connectivity index (χ1v) is 5.81. The average molecular weight is 243 g/mol. The van der Waals surface area contributed by atoms with E-state index in [-0.39, 0.29) is 17.4 Å². The maximum absolute atomic E-state index is 11.8. The van der Waals surface area contributed by atoms with E-state index >= 15 is 0 Å². The number of likely N-dealkylation sites (N-methyl/N-ethyl adjacent to an activating group) is 1. The van der Waals surface area contributed by atoms with Gasteiger partial charge in [0.15, 0.2) is 0 Å². The van der Waals surface area contributed by atoms with Crippen LogP contribution in [0.1, 0.15) is 41.5 Å². The molecule has 0 aromatic rings. The van der Waals surface area contributed by atoms with E-state index in [1.165, 1.54) is 0 Å². The second-order valence-electron chi connectivity index (χ2n) is 5.81. The van der Waals surface area contributed by atoms with Crippen molar-refractivity contribution in [2.45, 2.75) is 58.7 Å². The van der Waals surface area contributed by atoms with E-state index in [4.69, 9.17) is 0 Å². The summed E-state index contributed by atoms with van der Waals surface area (Å²) in [5.74, 6) is -0.380. The summed E-state index contributed by atoms with van der Waals surface area (Å²) in [7, 11) is 1.71. The van der Waals surface area contributed by atoms with E-state index in [1.54, 1.807) is 27.8 Å². The number of carbonyl (C=O) groups is 2. The number of rotatable bonds is 4. The minimum Gasteiger partial charge on any atom is -0.350 e. The summed E-state index contributed by atoms with van der Waals surface area (Å²) in [4.78, 5) is 23.6. The van der Waals surface area contributed by atoms with Gasteiger partial charge in [-0.25, -0.2) is 0 Å². The maximum atomic E-state index is 11.8. The molecule has 0 saturated carbocycles. The van der Waals surface area contributed by atoms with Crippen LogP contribution in [0, 0.1) is 0 Å². The van der Waals surface area contributed by atoms with Gasteiger partial charge in [-0.1, -0.05) is 0 Å². The van der Waals surface area contributed by atoms with E-state index in [1.807, 2.05) is 20.8 Å². The number of carbonyl (C=O) groups excluding carboxylic acids is 2. The summed E-state index contributed by atoms with van der Waals surface area (Å²) in [5.41, 5.74) is -0.981. The molecule has 0 fully saturated rings. The predicted octanol–water partition coefficient (Wildman–Crippen LogP) is 0.404. The average Bonchev–Trinajstić information content (AvgIpc) is 2.14. The van der Waals surface area contributed by atoms with Crippen molar-refractivity contribution in [2.75, 3.05) is 7.05 Å². The molecule has 2 amide bonds. The minimum absolute atomic E-state index is 0.183. The zero-order valence-electron chi connectivity index (χ0n) is 11.9. The summed E-state index contributed by atoms with van der Waals surface area (Å²) in [6.07, 6.45) is 0. The molecule has 0 rings (SSSR count). The Morgan fingerprint density at radius 2 is 1.53 bits per heavy atom. The van der Waals surface area contributed by atoms with Gasteiger partial charge in [-0.05, 0) is 48.6 Å². The second-order valence-corrected chi connectivity index (χ2v) is 5.81. The zero-order chi connectivity index (χ0) is 13.9. The van der Waals surface area contributed by atoms with Gasteiger partial charge >= 0.3 is 0 Å². The van der Waals surface area contributed by atoms with Gasteiger partial charge in [-0.3, -0.25) is 9.59 Å². The summed E-state index contributed by atoms with van der Waals surface area (Å²) in [5, 5.41) is 8.39. The van der Waals surface area contributed by atoms with Crippen molar-refractivity contribution in [2.24, 2.45) is 0 Å². The molecule has 3 N–H and O–H groups in total. The highest BCUT2D eigenvalue weighted by atomic mass is 16.2. The fourth-order valence-electron chi connectivity index (χ4n) is 1.03. The quantitative estimate of drug-likeness (QED) is 0.669. The molecule has 0 aromatic carbocycles. The van der Waals surface area contributed by atoms with Crippen molar-refractivity contribution in [1.29, 1.82) is 0 Å². The standard InChI is InChI=1S/C12H25N3O2/c1-8(9(16)15-11(2,3)4)14-10(17)12(5,6)13-7/h8,13H,1-7H3,(H,14,17)(H,15,16). The van der Waals surface area contributed by atoms with Crippen molar-refractivity contribution < 1.29 is 9.59 Å². The van der Waals surface area contributed by atoms with E-state index in [9.17, 15) is 9.59 Å². The van der Waals surface area contributed by atoms with Crippen molar-refractivity contribution in [1.82, 2.24) is 16.0 Å². The molecule has 0 spiro atoms. The van der Waals surface area contributed by atoms with Crippen LogP contribution in [0.4, 0.5) is 0 Å². The topological polar surface area (TPSA) is 70.2 Å². The van der Waals surface area contributed by atoms with Crippen LogP contribution in [-0.2, 0) is 9.59 Å². The molecule has 0 radical (unpaired) electrons. The first kappa shape index (κ1) is 15.9. The minimum atomic E-state index is -0.684. The van der Waals surface area contributed by atoms with E-state index in [0.29, 0.717) is 0 Å². The zero-order valence-corrected chi connectivity index (χ0v) is 11.9. The number of amides is 2. The normalized spacial score (nSPS) is 14.1. The smallest absolute Gasteiger partial charge is 0.242 e. The first-order valence-electron chi connectivity index (χ1n) is 5.81. The Morgan fingerprint density at radius 1 is 1.06 bits per heavy atom. The van der Waals surface area contributed by atoms with E-state index in [0.717, 1.165) is 0 Å². The Morgan fingerprint density at radius 3 is 1.88 bits per heavy atom. The van der Waals surface area contributed by atoms with E-state index < -0.39 is 11.6 Å². The predicted molar refractivity (Wildman–Crippen MR) is 68.6 cm³/mol. The molecule has 0 heterocycles.